The fourth-order valence-electron chi connectivity index (χ4n) is 0.467. The van der Waals surface area contributed by atoms with Crippen LogP contribution in [0, 0.1) is 0 Å². The molecule has 0 aliphatic rings. The summed E-state index contributed by atoms with van der Waals surface area (Å²) in [4.78, 5) is 1.78. The van der Waals surface area contributed by atoms with E-state index < -0.39 is 0 Å². The van der Waals surface area contributed by atoms with E-state index in [0.717, 1.165) is 5.76 Å². The number of rotatable bonds is 2. The van der Waals surface area contributed by atoms with E-state index in [1.807, 2.05) is 20.8 Å². The van der Waals surface area contributed by atoms with E-state index in [4.69, 9.17) is 4.74 Å². The van der Waals surface area contributed by atoms with Gasteiger partial charge in [0.15, 0.2) is 0 Å². The molecule has 10 heavy (non-hydrogen) atoms. The SMILES string of the molecule is C=C/C(=C/[Se])OC(C)(C)C. The Hall–Kier alpha value is -0.201. The Balaban J connectivity index is 4.01. The van der Waals surface area contributed by atoms with Crippen LogP contribution in [-0.4, -0.2) is 21.6 Å². The summed E-state index contributed by atoms with van der Waals surface area (Å²) in [5, 5.41) is 0. The van der Waals surface area contributed by atoms with Crippen molar-refractivity contribution in [2.45, 2.75) is 26.4 Å². The molecule has 0 aromatic rings. The van der Waals surface area contributed by atoms with Gasteiger partial charge in [-0.05, 0) is 0 Å². The van der Waals surface area contributed by atoms with E-state index in [2.05, 4.69) is 22.6 Å². The monoisotopic (exact) mass is 205 g/mol. The first-order valence-electron chi connectivity index (χ1n) is 3.13. The van der Waals surface area contributed by atoms with Crippen LogP contribution in [-0.2, 0) is 4.74 Å². The zero-order chi connectivity index (χ0) is 8.20. The number of ether oxygens (including phenoxy) is 1. The molecule has 0 aromatic carbocycles. The van der Waals surface area contributed by atoms with Crippen LogP contribution in [0.25, 0.3) is 0 Å². The Morgan fingerprint density at radius 2 is 2.00 bits per heavy atom. The topological polar surface area (TPSA) is 9.23 Å². The standard InChI is InChI=1S/C8H13OSe/c1-5-7(6-10)9-8(2,3)4/h5-6H,1H2,2-4H3/b7-6-. The van der Waals surface area contributed by atoms with Gasteiger partial charge in [0.1, 0.15) is 0 Å². The molecule has 0 rings (SSSR count). The molecule has 0 saturated heterocycles. The van der Waals surface area contributed by atoms with Gasteiger partial charge < -0.3 is 0 Å². The summed E-state index contributed by atoms with van der Waals surface area (Å²) in [6.07, 6.45) is 1.68. The molecule has 0 bridgehead atoms. The normalized spacial score (nSPS) is 12.9. The van der Waals surface area contributed by atoms with Gasteiger partial charge in [-0.1, -0.05) is 0 Å². The molecule has 0 unspecified atom stereocenters. The number of hydrogen-bond acceptors (Lipinski definition) is 1. The maximum atomic E-state index is 5.45. The van der Waals surface area contributed by atoms with Crippen molar-refractivity contribution in [3.63, 3.8) is 0 Å². The van der Waals surface area contributed by atoms with Crippen LogP contribution in [0.1, 0.15) is 20.8 Å². The quantitative estimate of drug-likeness (QED) is 0.379. The summed E-state index contributed by atoms with van der Waals surface area (Å²) in [5.41, 5.74) is -0.135. The maximum absolute atomic E-state index is 5.45. The molecule has 1 radical (unpaired) electrons. The second kappa shape index (κ2) is 3.84. The van der Waals surface area contributed by atoms with Crippen molar-refractivity contribution >= 4 is 16.0 Å². The molecular weight excluding hydrogens is 191 g/mol. The van der Waals surface area contributed by atoms with Crippen molar-refractivity contribution in [2.24, 2.45) is 0 Å². The number of allylic oxidation sites excluding steroid dienone is 1. The molecule has 1 nitrogen and oxygen atoms in total. The third-order valence-corrected chi connectivity index (χ3v) is 1.23. The molecule has 0 heterocycles. The van der Waals surface area contributed by atoms with E-state index in [1.165, 1.54) is 0 Å². The predicted octanol–water partition coefficient (Wildman–Crippen LogP) is 2.00. The van der Waals surface area contributed by atoms with Gasteiger partial charge in [-0.2, -0.15) is 0 Å². The third kappa shape index (κ3) is 4.66. The van der Waals surface area contributed by atoms with Crippen LogP contribution in [0.2, 0.25) is 0 Å². The summed E-state index contributed by atoms with van der Waals surface area (Å²) in [6.45, 7) is 9.60. The van der Waals surface area contributed by atoms with Crippen molar-refractivity contribution in [2.75, 3.05) is 0 Å². The molecule has 0 aliphatic carbocycles. The molecule has 0 aromatic heterocycles. The van der Waals surface area contributed by atoms with Gasteiger partial charge in [-0.25, -0.2) is 0 Å². The van der Waals surface area contributed by atoms with Gasteiger partial charge >= 0.3 is 70.5 Å². The van der Waals surface area contributed by atoms with Crippen LogP contribution in [0.3, 0.4) is 0 Å². The average molecular weight is 204 g/mol. The molecule has 0 N–H and O–H groups in total. The molecule has 0 saturated carbocycles. The molecule has 0 atom stereocenters. The van der Waals surface area contributed by atoms with E-state index in [-0.39, 0.29) is 5.60 Å². The van der Waals surface area contributed by atoms with Gasteiger partial charge in [0.05, 0.1) is 0 Å². The zero-order valence-electron chi connectivity index (χ0n) is 6.68. The van der Waals surface area contributed by atoms with Crippen molar-refractivity contribution < 1.29 is 4.74 Å². The second-order valence-corrected chi connectivity index (χ2v) is 3.43. The van der Waals surface area contributed by atoms with Crippen molar-refractivity contribution in [1.29, 1.82) is 0 Å². The van der Waals surface area contributed by atoms with Crippen LogP contribution >= 0.6 is 0 Å². The van der Waals surface area contributed by atoms with Gasteiger partial charge in [-0.15, -0.1) is 0 Å². The van der Waals surface area contributed by atoms with Crippen LogP contribution in [0.15, 0.2) is 23.4 Å². The molecule has 0 amide bonds. The molecular formula is C8H13OSe. The van der Waals surface area contributed by atoms with Gasteiger partial charge in [-0.3, -0.25) is 0 Å². The Morgan fingerprint density at radius 3 is 2.10 bits per heavy atom. The minimum atomic E-state index is -0.135. The predicted molar refractivity (Wildman–Crippen MR) is 44.9 cm³/mol. The Labute approximate surface area is 71.0 Å². The first-order valence-corrected chi connectivity index (χ1v) is 4.12. The molecule has 0 aliphatic heterocycles. The number of hydrogen-bond donors (Lipinski definition) is 0. The summed E-state index contributed by atoms with van der Waals surface area (Å²) in [7, 11) is 0. The fourth-order valence-corrected chi connectivity index (χ4v) is 0.770. The van der Waals surface area contributed by atoms with Crippen LogP contribution in [0.5, 0.6) is 0 Å². The van der Waals surface area contributed by atoms with Gasteiger partial charge in [0.2, 0.25) is 0 Å². The fraction of sp³-hybridized carbons (Fsp3) is 0.500. The van der Waals surface area contributed by atoms with Gasteiger partial charge in [0.25, 0.3) is 0 Å². The third-order valence-electron chi connectivity index (χ3n) is 0.741. The van der Waals surface area contributed by atoms with Crippen molar-refractivity contribution in [3.8, 4) is 0 Å². The summed E-state index contributed by atoms with van der Waals surface area (Å²) in [6, 6.07) is 0. The van der Waals surface area contributed by atoms with E-state index in [9.17, 15) is 0 Å². The van der Waals surface area contributed by atoms with Crippen LogP contribution in [0.4, 0.5) is 0 Å². The Kier molecular flexibility index (Phi) is 3.77. The molecule has 0 fully saturated rings. The Morgan fingerprint density at radius 1 is 1.50 bits per heavy atom. The summed E-state index contributed by atoms with van der Waals surface area (Å²) < 4.78 is 5.45. The zero-order valence-corrected chi connectivity index (χ0v) is 8.39. The van der Waals surface area contributed by atoms with Crippen LogP contribution < -0.4 is 0 Å². The summed E-state index contributed by atoms with van der Waals surface area (Å²) >= 11 is 2.76. The van der Waals surface area contributed by atoms with Crippen molar-refractivity contribution in [1.82, 2.24) is 0 Å². The minimum absolute atomic E-state index is 0.135. The summed E-state index contributed by atoms with van der Waals surface area (Å²) in [5.74, 6) is 0.785. The van der Waals surface area contributed by atoms with E-state index >= 15 is 0 Å². The van der Waals surface area contributed by atoms with E-state index in [1.54, 1.807) is 11.1 Å². The second-order valence-electron chi connectivity index (χ2n) is 2.94. The molecule has 0 spiro atoms. The average Bonchev–Trinajstić information content (AvgIpc) is 1.81. The van der Waals surface area contributed by atoms with E-state index in [0.29, 0.717) is 0 Å². The molecule has 57 valence electrons. The van der Waals surface area contributed by atoms with Gasteiger partial charge in [0, 0.05) is 0 Å². The first kappa shape index (κ1) is 9.80. The van der Waals surface area contributed by atoms with Crippen molar-refractivity contribution in [3.05, 3.63) is 23.4 Å². The Bertz CT molecular complexity index is 142. The molecule has 2 heteroatoms. The first-order chi connectivity index (χ1) is 4.49.